The number of fused-ring (bicyclic) bond motifs is 9. The van der Waals surface area contributed by atoms with Gasteiger partial charge in [-0.3, -0.25) is 4.57 Å². The maximum atomic E-state index is 7.17. The van der Waals surface area contributed by atoms with Crippen LogP contribution in [0.2, 0.25) is 0 Å². The topological polar surface area (TPSA) is 48.2 Å². The lowest BCUT2D eigenvalue weighted by molar-refractivity contribution is 1.18. The van der Waals surface area contributed by atoms with E-state index in [1.54, 1.807) is 0 Å². The molecule has 276 valence electrons. The number of hydrogen-bond acceptors (Lipinski definition) is 2. The third-order valence-corrected chi connectivity index (χ3v) is 12.2. The summed E-state index contributed by atoms with van der Waals surface area (Å²) in [5, 5.41) is 7.15. The minimum atomic E-state index is 0.621. The number of benzene rings is 8. The molecular formula is C55H36N4. The first-order valence-electron chi connectivity index (χ1n) is 20.0. The van der Waals surface area contributed by atoms with E-state index in [1.807, 2.05) is 18.2 Å². The van der Waals surface area contributed by atoms with Crippen molar-refractivity contribution in [2.75, 3.05) is 0 Å². The lowest BCUT2D eigenvalue weighted by Crippen LogP contribution is -2.10. The van der Waals surface area contributed by atoms with Crippen LogP contribution in [-0.4, -0.2) is 14.8 Å². The molecule has 0 amide bonds. The first-order valence-corrected chi connectivity index (χ1v) is 20.0. The van der Waals surface area contributed by atoms with E-state index in [1.165, 1.54) is 55.0 Å². The van der Waals surface area contributed by atoms with Gasteiger partial charge in [-0.2, -0.15) is 0 Å². The van der Waals surface area contributed by atoms with Crippen LogP contribution in [0.25, 0.3) is 105 Å². The molecule has 0 atom stereocenters. The first-order chi connectivity index (χ1) is 29.1. The van der Waals surface area contributed by atoms with Gasteiger partial charge in [-0.05, 0) is 98.8 Å². The number of aliphatic imine (C=N–C) groups is 1. The number of para-hydroxylation sites is 3. The van der Waals surface area contributed by atoms with E-state index in [4.69, 9.17) is 10.7 Å². The summed E-state index contributed by atoms with van der Waals surface area (Å²) in [4.78, 5) is 5.24. The molecule has 0 saturated heterocycles. The summed E-state index contributed by atoms with van der Waals surface area (Å²) in [6.45, 7) is 4.59. The van der Waals surface area contributed by atoms with Crippen LogP contribution in [0.3, 0.4) is 0 Å². The van der Waals surface area contributed by atoms with E-state index in [0.29, 0.717) is 11.5 Å². The Balaban J connectivity index is 0.962. The summed E-state index contributed by atoms with van der Waals surface area (Å²) in [5.74, 6) is 0.621. The fourth-order valence-electron chi connectivity index (χ4n) is 9.61. The van der Waals surface area contributed by atoms with Crippen molar-refractivity contribution in [1.82, 2.24) is 9.13 Å². The van der Waals surface area contributed by atoms with Gasteiger partial charge in [0.15, 0.2) is 0 Å². The summed E-state index contributed by atoms with van der Waals surface area (Å²) in [6, 6.07) is 60.9. The van der Waals surface area contributed by atoms with Crippen molar-refractivity contribution in [2.24, 2.45) is 10.7 Å². The van der Waals surface area contributed by atoms with Gasteiger partial charge in [0.1, 0.15) is 5.82 Å². The Bertz CT molecular complexity index is 3540. The second-order valence-corrected chi connectivity index (χ2v) is 15.4. The molecule has 4 nitrogen and oxygen atoms in total. The lowest BCUT2D eigenvalue weighted by Gasteiger charge is -2.16. The Kier molecular flexibility index (Phi) is 7.20. The molecule has 4 heteroatoms. The molecule has 0 saturated carbocycles. The van der Waals surface area contributed by atoms with Gasteiger partial charge in [0.2, 0.25) is 0 Å². The third-order valence-electron chi connectivity index (χ3n) is 12.2. The van der Waals surface area contributed by atoms with Crippen molar-refractivity contribution in [2.45, 2.75) is 0 Å². The largest absolute Gasteiger partial charge is 0.398 e. The van der Waals surface area contributed by atoms with Gasteiger partial charge in [-0.25, -0.2) is 4.99 Å². The van der Waals surface area contributed by atoms with Gasteiger partial charge in [0.05, 0.1) is 27.8 Å². The van der Waals surface area contributed by atoms with Crippen molar-refractivity contribution in [3.05, 3.63) is 212 Å². The second-order valence-electron chi connectivity index (χ2n) is 15.4. The predicted octanol–water partition coefficient (Wildman–Crippen LogP) is 13.7. The summed E-state index contributed by atoms with van der Waals surface area (Å²) < 4.78 is 4.53. The lowest BCUT2D eigenvalue weighted by atomic mass is 9.93. The Morgan fingerprint density at radius 1 is 0.475 bits per heavy atom. The highest BCUT2D eigenvalue weighted by molar-refractivity contribution is 6.22. The molecule has 2 aromatic heterocycles. The van der Waals surface area contributed by atoms with Crippen LogP contribution in [-0.2, 0) is 0 Å². The minimum absolute atomic E-state index is 0.621. The normalized spacial score (nSPS) is 14.7. The number of nitrogens with two attached hydrogens (primary N) is 1. The molecular weight excluding hydrogens is 717 g/mol. The highest BCUT2D eigenvalue weighted by Gasteiger charge is 2.24. The first kappa shape index (κ1) is 33.2. The van der Waals surface area contributed by atoms with Gasteiger partial charge >= 0.3 is 0 Å². The maximum absolute atomic E-state index is 7.17. The number of nitrogens with zero attached hydrogens (tertiary/aromatic N) is 3. The van der Waals surface area contributed by atoms with Crippen molar-refractivity contribution in [1.29, 1.82) is 0 Å². The summed E-state index contributed by atoms with van der Waals surface area (Å²) >= 11 is 0. The molecule has 0 aliphatic heterocycles. The minimum Gasteiger partial charge on any atom is -0.398 e. The quantitative estimate of drug-likeness (QED) is 0.187. The molecule has 0 radical (unpaired) electrons. The van der Waals surface area contributed by atoms with Gasteiger partial charge < -0.3 is 10.3 Å². The van der Waals surface area contributed by atoms with E-state index in [0.717, 1.165) is 55.3 Å². The fourth-order valence-corrected chi connectivity index (χ4v) is 9.61. The molecule has 0 unspecified atom stereocenters. The van der Waals surface area contributed by atoms with Gasteiger partial charge in [-0.15, -0.1) is 0 Å². The van der Waals surface area contributed by atoms with E-state index < -0.39 is 0 Å². The van der Waals surface area contributed by atoms with Crippen LogP contribution in [0.1, 0.15) is 5.56 Å². The third kappa shape index (κ3) is 4.93. The van der Waals surface area contributed by atoms with Crippen molar-refractivity contribution in [3.8, 4) is 39.1 Å². The van der Waals surface area contributed by atoms with E-state index in [-0.39, 0.29) is 0 Å². The Labute approximate surface area is 341 Å². The predicted molar refractivity (Wildman–Crippen MR) is 250 cm³/mol. The van der Waals surface area contributed by atoms with Gasteiger partial charge in [-0.1, -0.05) is 146 Å². The Hall–Kier alpha value is -7.95. The van der Waals surface area contributed by atoms with Crippen LogP contribution < -0.4 is 5.73 Å². The summed E-state index contributed by atoms with van der Waals surface area (Å²) in [6.07, 6.45) is 8.13. The molecule has 0 fully saturated rings. The molecule has 10 aromatic rings. The standard InChI is InChI=1S/C55H36N4/c1-34(57-49-23-10-7-20-46(49)55(56)45-29-28-44-39-17-6-5-16-38(39)42-21-13-22-43(45)54(42)44)58-50-24-11-8-18-40(50)47-32-35(26-30-52(47)58)36-27-31-53-48(33-36)41-19-9-12-25-51(41)59(53)37-14-3-2-4-15-37/h2-33H,1,56H2/b55-46-,57-49-. The summed E-state index contributed by atoms with van der Waals surface area (Å²) in [5.41, 5.74) is 23.5. The number of hydrogen-bond donors (Lipinski definition) is 1. The van der Waals surface area contributed by atoms with E-state index in [9.17, 15) is 0 Å². The fraction of sp³-hybridized carbons (Fsp3) is 0. The molecule has 2 aliphatic rings. The monoisotopic (exact) mass is 752 g/mol. The summed E-state index contributed by atoms with van der Waals surface area (Å²) in [7, 11) is 0. The Morgan fingerprint density at radius 3 is 1.81 bits per heavy atom. The highest BCUT2D eigenvalue weighted by Crippen LogP contribution is 2.48. The van der Waals surface area contributed by atoms with Crippen molar-refractivity contribution in [3.63, 3.8) is 0 Å². The molecule has 59 heavy (non-hydrogen) atoms. The zero-order valence-electron chi connectivity index (χ0n) is 32.1. The highest BCUT2D eigenvalue weighted by atomic mass is 15.1. The molecule has 0 spiro atoms. The molecule has 8 aromatic carbocycles. The smallest absolute Gasteiger partial charge is 0.131 e. The second kappa shape index (κ2) is 12.8. The molecule has 12 rings (SSSR count). The van der Waals surface area contributed by atoms with Gasteiger partial charge in [0.25, 0.3) is 0 Å². The number of allylic oxidation sites excluding steroid dienone is 5. The number of rotatable bonds is 5. The average Bonchev–Trinajstić information content (AvgIpc) is 3.93. The van der Waals surface area contributed by atoms with Crippen LogP contribution in [0.15, 0.2) is 211 Å². The SMILES string of the molecule is C=C(/N=C1/C=CC=C/C1=C(/N)c1ccc2c3c(cccc13)-c1ccccc1-2)n1c2ccccc2c2cc(-c3ccc4c(c3)c3ccccc3n4-c3ccccc3)ccc21. The maximum Gasteiger partial charge on any atom is 0.131 e. The average molecular weight is 753 g/mol. The molecule has 0 bridgehead atoms. The van der Waals surface area contributed by atoms with Crippen LogP contribution >= 0.6 is 0 Å². The molecule has 2 N–H and O–H groups in total. The van der Waals surface area contributed by atoms with Gasteiger partial charge in [0, 0.05) is 44.1 Å². The Morgan fingerprint density at radius 2 is 1.03 bits per heavy atom. The van der Waals surface area contributed by atoms with Crippen LogP contribution in [0, 0.1) is 0 Å². The molecule has 2 aliphatic carbocycles. The van der Waals surface area contributed by atoms with Crippen molar-refractivity contribution >= 4 is 71.6 Å². The number of aromatic nitrogens is 2. The molecule has 2 heterocycles. The zero-order valence-corrected chi connectivity index (χ0v) is 32.1. The van der Waals surface area contributed by atoms with E-state index >= 15 is 0 Å². The van der Waals surface area contributed by atoms with Crippen molar-refractivity contribution < 1.29 is 0 Å². The van der Waals surface area contributed by atoms with Crippen LogP contribution in [0.4, 0.5) is 0 Å². The van der Waals surface area contributed by atoms with E-state index in [2.05, 4.69) is 192 Å². The zero-order chi connectivity index (χ0) is 39.2. The van der Waals surface area contributed by atoms with Crippen LogP contribution in [0.5, 0.6) is 0 Å².